The lowest BCUT2D eigenvalue weighted by Crippen LogP contribution is -2.30. The monoisotopic (exact) mass is 404 g/mol. The Bertz CT molecular complexity index is 935. The molecule has 7 nitrogen and oxygen atoms in total. The molecule has 150 valence electrons. The average molecular weight is 404 g/mol. The van der Waals surface area contributed by atoms with Gasteiger partial charge in [0.15, 0.2) is 16.4 Å². The van der Waals surface area contributed by atoms with E-state index in [9.17, 15) is 18.0 Å². The minimum absolute atomic E-state index is 0.0942. The number of carbonyl (C=O) groups is 2. The fraction of sp³-hybridized carbons (Fsp3) is 0.300. The van der Waals surface area contributed by atoms with Gasteiger partial charge in [-0.1, -0.05) is 6.07 Å². The number of anilines is 1. The minimum Gasteiger partial charge on any atom is -0.484 e. The topological polar surface area (TPSA) is 92.8 Å². The van der Waals surface area contributed by atoms with Crippen molar-refractivity contribution in [2.45, 2.75) is 18.7 Å². The Morgan fingerprint density at radius 2 is 1.68 bits per heavy atom. The Balaban J connectivity index is 1.96. The van der Waals surface area contributed by atoms with Gasteiger partial charge in [-0.15, -0.1) is 0 Å². The Kier molecular flexibility index (Phi) is 7.17. The molecule has 0 atom stereocenters. The second-order valence-electron chi connectivity index (χ2n) is 6.14. The molecule has 0 radical (unpaired) electrons. The van der Waals surface area contributed by atoms with Crippen LogP contribution in [0.2, 0.25) is 0 Å². The van der Waals surface area contributed by atoms with Crippen molar-refractivity contribution in [3.63, 3.8) is 0 Å². The molecule has 0 aromatic heterocycles. The van der Waals surface area contributed by atoms with Gasteiger partial charge < -0.3 is 15.0 Å². The van der Waals surface area contributed by atoms with E-state index in [1.54, 1.807) is 29.2 Å². The molecular weight excluding hydrogens is 380 g/mol. The summed E-state index contributed by atoms with van der Waals surface area (Å²) in [6.07, 6.45) is 1.12. The van der Waals surface area contributed by atoms with Gasteiger partial charge in [0.05, 0.1) is 4.90 Å². The van der Waals surface area contributed by atoms with Crippen LogP contribution in [0.15, 0.2) is 53.4 Å². The summed E-state index contributed by atoms with van der Waals surface area (Å²) in [4.78, 5) is 26.4. The van der Waals surface area contributed by atoms with E-state index in [-0.39, 0.29) is 23.3 Å². The third kappa shape index (κ3) is 5.82. The van der Waals surface area contributed by atoms with Crippen LogP contribution in [-0.4, -0.2) is 51.1 Å². The van der Waals surface area contributed by atoms with Crippen LogP contribution in [0.3, 0.4) is 0 Å². The van der Waals surface area contributed by atoms with Gasteiger partial charge in [-0.05, 0) is 56.3 Å². The van der Waals surface area contributed by atoms with E-state index in [4.69, 9.17) is 4.74 Å². The van der Waals surface area contributed by atoms with E-state index in [0.29, 0.717) is 30.1 Å². The Morgan fingerprint density at radius 3 is 2.25 bits per heavy atom. The van der Waals surface area contributed by atoms with Gasteiger partial charge in [0.1, 0.15) is 5.75 Å². The molecular formula is C20H24N2O5S. The number of hydrogen-bond acceptors (Lipinski definition) is 5. The molecule has 0 aliphatic carbocycles. The Hall–Kier alpha value is -2.87. The molecule has 2 amide bonds. The molecule has 0 spiro atoms. The fourth-order valence-corrected chi connectivity index (χ4v) is 3.18. The Labute approximate surface area is 165 Å². The summed E-state index contributed by atoms with van der Waals surface area (Å²) in [5.41, 5.74) is 0.998. The van der Waals surface area contributed by atoms with E-state index >= 15 is 0 Å². The molecule has 1 N–H and O–H groups in total. The fourth-order valence-electron chi connectivity index (χ4n) is 2.55. The highest BCUT2D eigenvalue weighted by molar-refractivity contribution is 7.90. The van der Waals surface area contributed by atoms with Crippen molar-refractivity contribution in [3.8, 4) is 5.75 Å². The van der Waals surface area contributed by atoms with Crippen LogP contribution in [0.1, 0.15) is 24.2 Å². The lowest BCUT2D eigenvalue weighted by atomic mass is 10.1. The lowest BCUT2D eigenvalue weighted by molar-refractivity contribution is -0.118. The van der Waals surface area contributed by atoms with Gasteiger partial charge in [0.25, 0.3) is 11.8 Å². The van der Waals surface area contributed by atoms with Crippen LogP contribution in [0, 0.1) is 0 Å². The number of sulfone groups is 1. The quantitative estimate of drug-likeness (QED) is 0.730. The third-order valence-corrected chi connectivity index (χ3v) is 5.19. The van der Waals surface area contributed by atoms with Crippen LogP contribution in [0.4, 0.5) is 5.69 Å². The molecule has 2 rings (SSSR count). The van der Waals surface area contributed by atoms with E-state index in [2.05, 4.69) is 5.32 Å². The number of amides is 2. The van der Waals surface area contributed by atoms with Crippen LogP contribution in [0.5, 0.6) is 5.75 Å². The van der Waals surface area contributed by atoms with Crippen molar-refractivity contribution < 1.29 is 22.7 Å². The maximum atomic E-state index is 12.4. The van der Waals surface area contributed by atoms with Crippen molar-refractivity contribution in [1.82, 2.24) is 4.90 Å². The number of rotatable bonds is 8. The largest absolute Gasteiger partial charge is 0.484 e. The molecule has 0 saturated heterocycles. The molecule has 0 fully saturated rings. The molecule has 8 heteroatoms. The van der Waals surface area contributed by atoms with Crippen LogP contribution in [0.25, 0.3) is 0 Å². The second kappa shape index (κ2) is 9.36. The highest BCUT2D eigenvalue weighted by atomic mass is 32.2. The molecule has 0 heterocycles. The van der Waals surface area contributed by atoms with E-state index < -0.39 is 9.84 Å². The zero-order valence-electron chi connectivity index (χ0n) is 16.1. The summed E-state index contributed by atoms with van der Waals surface area (Å²) in [5.74, 6) is -0.101. The molecule has 28 heavy (non-hydrogen) atoms. The molecule has 0 unspecified atom stereocenters. The third-order valence-electron chi connectivity index (χ3n) is 4.07. The number of hydrogen-bond donors (Lipinski definition) is 1. The summed E-state index contributed by atoms with van der Waals surface area (Å²) < 4.78 is 28.3. The number of carbonyl (C=O) groups excluding carboxylic acids is 2. The van der Waals surface area contributed by atoms with Crippen molar-refractivity contribution in [2.24, 2.45) is 0 Å². The van der Waals surface area contributed by atoms with Crippen molar-refractivity contribution in [3.05, 3.63) is 54.1 Å². The van der Waals surface area contributed by atoms with Gasteiger partial charge in [-0.3, -0.25) is 9.59 Å². The summed E-state index contributed by atoms with van der Waals surface area (Å²) in [6, 6.07) is 12.6. The maximum absolute atomic E-state index is 12.4. The molecule has 0 bridgehead atoms. The zero-order valence-corrected chi connectivity index (χ0v) is 17.0. The summed E-state index contributed by atoms with van der Waals surface area (Å²) in [5, 5.41) is 2.69. The standard InChI is InChI=1S/C20H24N2O5S/c1-4-22(5-2)20(24)15-7-6-8-16(13-15)21-19(23)14-27-17-9-11-18(12-10-17)28(3,25)26/h6-13H,4-5,14H2,1-3H3,(H,21,23). The number of nitrogens with zero attached hydrogens (tertiary/aromatic N) is 1. The van der Waals surface area contributed by atoms with Gasteiger partial charge in [-0.25, -0.2) is 8.42 Å². The average Bonchev–Trinajstić information content (AvgIpc) is 2.67. The van der Waals surface area contributed by atoms with Crippen LogP contribution < -0.4 is 10.1 Å². The van der Waals surface area contributed by atoms with E-state index in [0.717, 1.165) is 6.26 Å². The first-order valence-electron chi connectivity index (χ1n) is 8.86. The minimum atomic E-state index is -3.28. The molecule has 0 saturated carbocycles. The first-order valence-corrected chi connectivity index (χ1v) is 10.8. The highest BCUT2D eigenvalue weighted by Gasteiger charge is 2.13. The first-order chi connectivity index (χ1) is 13.2. The summed E-state index contributed by atoms with van der Waals surface area (Å²) in [6.45, 7) is 4.79. The van der Waals surface area contributed by atoms with Crippen LogP contribution in [-0.2, 0) is 14.6 Å². The van der Waals surface area contributed by atoms with Crippen molar-refractivity contribution >= 4 is 27.3 Å². The maximum Gasteiger partial charge on any atom is 0.262 e. The lowest BCUT2D eigenvalue weighted by Gasteiger charge is -2.19. The predicted molar refractivity (Wildman–Crippen MR) is 107 cm³/mol. The van der Waals surface area contributed by atoms with Crippen molar-refractivity contribution in [2.75, 3.05) is 31.3 Å². The van der Waals surface area contributed by atoms with Gasteiger partial charge in [0.2, 0.25) is 0 Å². The zero-order chi connectivity index (χ0) is 20.7. The van der Waals surface area contributed by atoms with E-state index in [1.807, 2.05) is 13.8 Å². The smallest absolute Gasteiger partial charge is 0.262 e. The van der Waals surface area contributed by atoms with Gasteiger partial charge in [-0.2, -0.15) is 0 Å². The molecule has 0 aliphatic heterocycles. The first kappa shape index (κ1) is 21.4. The van der Waals surface area contributed by atoms with E-state index in [1.165, 1.54) is 24.3 Å². The normalized spacial score (nSPS) is 11.0. The number of ether oxygens (including phenoxy) is 1. The molecule has 0 aliphatic rings. The highest BCUT2D eigenvalue weighted by Crippen LogP contribution is 2.16. The number of benzene rings is 2. The molecule has 2 aromatic rings. The summed E-state index contributed by atoms with van der Waals surface area (Å²) >= 11 is 0. The van der Waals surface area contributed by atoms with Gasteiger partial charge in [0, 0.05) is 30.6 Å². The van der Waals surface area contributed by atoms with Crippen LogP contribution >= 0.6 is 0 Å². The molecule has 2 aromatic carbocycles. The predicted octanol–water partition coefficient (Wildman–Crippen LogP) is 2.59. The van der Waals surface area contributed by atoms with Gasteiger partial charge >= 0.3 is 0 Å². The Morgan fingerprint density at radius 1 is 1.04 bits per heavy atom. The number of nitrogens with one attached hydrogen (secondary N) is 1. The SMILES string of the molecule is CCN(CC)C(=O)c1cccc(NC(=O)COc2ccc(S(C)(=O)=O)cc2)c1. The van der Waals surface area contributed by atoms with Crippen molar-refractivity contribution in [1.29, 1.82) is 0 Å². The summed E-state index contributed by atoms with van der Waals surface area (Å²) in [7, 11) is -3.28. The second-order valence-corrected chi connectivity index (χ2v) is 8.15.